The number of likely N-dealkylation sites (N-methyl/N-ethyl adjacent to an activating group) is 1. The average Bonchev–Trinajstić information content (AvgIpc) is 3.35. The molecule has 1 atom stereocenters. The van der Waals surface area contributed by atoms with Gasteiger partial charge in [-0.1, -0.05) is 30.3 Å². The van der Waals surface area contributed by atoms with E-state index in [1.165, 1.54) is 0 Å². The van der Waals surface area contributed by atoms with Crippen LogP contribution in [0.4, 0.5) is 0 Å². The summed E-state index contributed by atoms with van der Waals surface area (Å²) >= 11 is 1.61. The molecule has 2 aromatic heterocycles. The Kier molecular flexibility index (Phi) is 4.97. The fourth-order valence-corrected chi connectivity index (χ4v) is 4.15. The Hall–Kier alpha value is -2.28. The summed E-state index contributed by atoms with van der Waals surface area (Å²) in [7, 11) is 2.13. The van der Waals surface area contributed by atoms with Gasteiger partial charge < -0.3 is 4.90 Å². The maximum absolute atomic E-state index is 13.6. The van der Waals surface area contributed by atoms with Crippen LogP contribution in [-0.4, -0.2) is 58.4 Å². The van der Waals surface area contributed by atoms with Crippen molar-refractivity contribution in [1.29, 1.82) is 0 Å². The molecule has 1 aromatic carbocycles. The fourth-order valence-electron chi connectivity index (χ4n) is 3.44. The summed E-state index contributed by atoms with van der Waals surface area (Å²) in [6.45, 7) is 3.69. The molecule has 0 unspecified atom stereocenters. The van der Waals surface area contributed by atoms with Gasteiger partial charge in [0.15, 0.2) is 5.82 Å². The molecule has 0 saturated carbocycles. The zero-order valence-corrected chi connectivity index (χ0v) is 15.6. The molecule has 5 nitrogen and oxygen atoms in total. The monoisotopic (exact) mass is 366 g/mol. The SMILES string of the molecule is CN1CCN([C@H](C(=O)c2nccn2-c2cccs2)c2ccccc2)CC1. The number of nitrogens with zero attached hydrogens (tertiary/aromatic N) is 4. The molecular formula is C20H22N4OS. The molecule has 3 aromatic rings. The normalized spacial score (nSPS) is 17.3. The molecule has 26 heavy (non-hydrogen) atoms. The summed E-state index contributed by atoms with van der Waals surface area (Å²) in [4.78, 5) is 22.6. The molecule has 0 bridgehead atoms. The van der Waals surface area contributed by atoms with E-state index in [1.807, 2.05) is 58.6 Å². The Balaban J connectivity index is 1.70. The van der Waals surface area contributed by atoms with E-state index in [4.69, 9.17) is 0 Å². The first-order valence-corrected chi connectivity index (χ1v) is 9.71. The number of hydrogen-bond donors (Lipinski definition) is 0. The first kappa shape index (κ1) is 17.1. The molecule has 6 heteroatoms. The van der Waals surface area contributed by atoms with Crippen LogP contribution in [0.3, 0.4) is 0 Å². The highest BCUT2D eigenvalue weighted by molar-refractivity contribution is 7.12. The van der Waals surface area contributed by atoms with E-state index in [9.17, 15) is 4.79 Å². The minimum absolute atomic E-state index is 0.0548. The van der Waals surface area contributed by atoms with Gasteiger partial charge in [-0.25, -0.2) is 4.98 Å². The van der Waals surface area contributed by atoms with Gasteiger partial charge in [-0.3, -0.25) is 14.3 Å². The number of carbonyl (C=O) groups excluding carboxylic acids is 1. The van der Waals surface area contributed by atoms with Crippen molar-refractivity contribution in [2.45, 2.75) is 6.04 Å². The molecule has 0 aliphatic carbocycles. The van der Waals surface area contributed by atoms with Crippen LogP contribution in [0.15, 0.2) is 60.2 Å². The number of Topliss-reactive ketones (excluding diaryl/α,β-unsaturated/α-hetero) is 1. The van der Waals surface area contributed by atoms with Crippen LogP contribution in [0.25, 0.3) is 5.00 Å². The first-order valence-electron chi connectivity index (χ1n) is 8.83. The third-order valence-corrected chi connectivity index (χ3v) is 5.74. The maximum atomic E-state index is 13.6. The number of carbonyl (C=O) groups is 1. The zero-order valence-electron chi connectivity index (χ0n) is 14.8. The van der Waals surface area contributed by atoms with Gasteiger partial charge >= 0.3 is 0 Å². The molecule has 1 aliphatic rings. The highest BCUT2D eigenvalue weighted by Crippen LogP contribution is 2.27. The van der Waals surface area contributed by atoms with Crippen LogP contribution in [-0.2, 0) is 0 Å². The van der Waals surface area contributed by atoms with E-state index in [-0.39, 0.29) is 11.8 Å². The van der Waals surface area contributed by atoms with Crippen LogP contribution in [0, 0.1) is 0 Å². The molecule has 1 fully saturated rings. The van der Waals surface area contributed by atoms with Gasteiger partial charge in [0.1, 0.15) is 11.0 Å². The summed E-state index contributed by atoms with van der Waals surface area (Å²) < 4.78 is 1.90. The predicted molar refractivity (Wildman–Crippen MR) is 104 cm³/mol. The fraction of sp³-hybridized carbons (Fsp3) is 0.300. The van der Waals surface area contributed by atoms with Crippen LogP contribution in [0.5, 0.6) is 0 Å². The van der Waals surface area contributed by atoms with Crippen molar-refractivity contribution in [3.8, 4) is 5.00 Å². The highest BCUT2D eigenvalue weighted by Gasteiger charge is 2.32. The van der Waals surface area contributed by atoms with Crippen LogP contribution in [0.1, 0.15) is 22.2 Å². The molecule has 0 spiro atoms. The minimum atomic E-state index is -0.300. The van der Waals surface area contributed by atoms with E-state index in [2.05, 4.69) is 21.8 Å². The lowest BCUT2D eigenvalue weighted by Gasteiger charge is -2.37. The number of benzene rings is 1. The van der Waals surface area contributed by atoms with Gasteiger partial charge in [0.05, 0.1) is 0 Å². The van der Waals surface area contributed by atoms with Gasteiger partial charge in [0, 0.05) is 38.6 Å². The summed E-state index contributed by atoms with van der Waals surface area (Å²) in [6.07, 6.45) is 3.57. The van der Waals surface area contributed by atoms with Gasteiger partial charge in [-0.15, -0.1) is 11.3 Å². The van der Waals surface area contributed by atoms with E-state index < -0.39 is 0 Å². The van der Waals surface area contributed by atoms with Gasteiger partial charge in [0.25, 0.3) is 0 Å². The quantitative estimate of drug-likeness (QED) is 0.651. The molecule has 134 valence electrons. The van der Waals surface area contributed by atoms with Crippen molar-refractivity contribution >= 4 is 17.1 Å². The molecule has 0 radical (unpaired) electrons. The number of ketones is 1. The lowest BCUT2D eigenvalue weighted by molar-refractivity contribution is 0.0693. The van der Waals surface area contributed by atoms with Crippen molar-refractivity contribution in [1.82, 2.24) is 19.4 Å². The standard InChI is InChI=1S/C20H22N4OS/c1-22-11-13-23(14-12-22)18(16-6-3-2-4-7-16)19(25)20-21-9-10-24(20)17-8-5-15-26-17/h2-10,15,18H,11-14H2,1H3/t18-/m0/s1. The zero-order chi connectivity index (χ0) is 17.9. The first-order chi connectivity index (χ1) is 12.7. The van der Waals surface area contributed by atoms with E-state index >= 15 is 0 Å². The Bertz CT molecular complexity index is 851. The second-order valence-corrected chi connectivity index (χ2v) is 7.51. The van der Waals surface area contributed by atoms with Gasteiger partial charge in [0.2, 0.25) is 5.78 Å². The van der Waals surface area contributed by atoms with Crippen molar-refractivity contribution in [3.05, 3.63) is 71.6 Å². The molecule has 1 saturated heterocycles. The van der Waals surface area contributed by atoms with Crippen molar-refractivity contribution in [2.75, 3.05) is 33.2 Å². The lowest BCUT2D eigenvalue weighted by atomic mass is 9.99. The highest BCUT2D eigenvalue weighted by atomic mass is 32.1. The average molecular weight is 366 g/mol. The topological polar surface area (TPSA) is 41.4 Å². The largest absolute Gasteiger partial charge is 0.304 e. The van der Waals surface area contributed by atoms with E-state index in [1.54, 1.807) is 17.5 Å². The number of piperazine rings is 1. The number of imidazole rings is 1. The molecule has 3 heterocycles. The van der Waals surface area contributed by atoms with Crippen molar-refractivity contribution in [2.24, 2.45) is 0 Å². The second kappa shape index (κ2) is 7.53. The minimum Gasteiger partial charge on any atom is -0.304 e. The van der Waals surface area contributed by atoms with Gasteiger partial charge in [-0.2, -0.15) is 0 Å². The summed E-state index contributed by atoms with van der Waals surface area (Å²) in [5, 5.41) is 3.02. The molecule has 0 amide bonds. The van der Waals surface area contributed by atoms with E-state index in [0.29, 0.717) is 5.82 Å². The van der Waals surface area contributed by atoms with Gasteiger partial charge in [-0.05, 0) is 30.1 Å². The third-order valence-electron chi connectivity index (χ3n) is 4.87. The lowest BCUT2D eigenvalue weighted by Crippen LogP contribution is -2.48. The second-order valence-electron chi connectivity index (χ2n) is 6.59. The van der Waals surface area contributed by atoms with Crippen LogP contribution >= 0.6 is 11.3 Å². The molecular weight excluding hydrogens is 344 g/mol. The number of aromatic nitrogens is 2. The number of hydrogen-bond acceptors (Lipinski definition) is 5. The number of rotatable bonds is 5. The smallest absolute Gasteiger partial charge is 0.220 e. The molecule has 1 aliphatic heterocycles. The summed E-state index contributed by atoms with van der Waals surface area (Å²) in [5.41, 5.74) is 1.03. The predicted octanol–water partition coefficient (Wildman–Crippen LogP) is 3.11. The molecule has 0 N–H and O–H groups in total. The summed E-state index contributed by atoms with van der Waals surface area (Å²) in [6, 6.07) is 13.8. The molecule has 4 rings (SSSR count). The Morgan fingerprint density at radius 2 is 1.85 bits per heavy atom. The number of thiophene rings is 1. The Morgan fingerprint density at radius 3 is 2.54 bits per heavy atom. The van der Waals surface area contributed by atoms with Crippen molar-refractivity contribution in [3.63, 3.8) is 0 Å². The maximum Gasteiger partial charge on any atom is 0.220 e. The van der Waals surface area contributed by atoms with E-state index in [0.717, 1.165) is 36.7 Å². The van der Waals surface area contributed by atoms with Crippen LogP contribution < -0.4 is 0 Å². The third kappa shape index (κ3) is 3.35. The Labute approximate surface area is 157 Å². The summed E-state index contributed by atoms with van der Waals surface area (Å²) in [5.74, 6) is 0.555. The Morgan fingerprint density at radius 1 is 1.08 bits per heavy atom. The van der Waals surface area contributed by atoms with Crippen molar-refractivity contribution < 1.29 is 4.79 Å². The van der Waals surface area contributed by atoms with Crippen LogP contribution in [0.2, 0.25) is 0 Å².